The number of ether oxygens (including phenoxy) is 1. The van der Waals surface area contributed by atoms with Crippen molar-refractivity contribution in [2.45, 2.75) is 18.4 Å². The Kier molecular flexibility index (Phi) is 5.36. The number of nitrogens with one attached hydrogen (secondary N) is 1. The van der Waals surface area contributed by atoms with Gasteiger partial charge in [-0.1, -0.05) is 12.1 Å². The van der Waals surface area contributed by atoms with Crippen LogP contribution in [0.25, 0.3) is 16.8 Å². The molecule has 0 atom stereocenters. The summed E-state index contributed by atoms with van der Waals surface area (Å²) in [6, 6.07) is 13.4. The van der Waals surface area contributed by atoms with E-state index < -0.39 is 9.84 Å². The minimum atomic E-state index is -3.29. The van der Waals surface area contributed by atoms with Crippen LogP contribution in [0.4, 0.5) is 10.2 Å². The van der Waals surface area contributed by atoms with Gasteiger partial charge < -0.3 is 10.1 Å². The predicted octanol–water partition coefficient (Wildman–Crippen LogP) is 3.87. The van der Waals surface area contributed by atoms with E-state index in [1.165, 1.54) is 19.4 Å². The van der Waals surface area contributed by atoms with Crippen LogP contribution in [0.1, 0.15) is 11.1 Å². The largest absolute Gasteiger partial charge is 0.496 e. The van der Waals surface area contributed by atoms with Crippen molar-refractivity contribution in [2.75, 3.05) is 18.7 Å². The van der Waals surface area contributed by atoms with E-state index in [1.54, 1.807) is 41.1 Å². The maximum Gasteiger partial charge on any atom is 0.175 e. The normalized spacial score (nSPS) is 11.6. The Morgan fingerprint density at radius 1 is 1.13 bits per heavy atom. The molecule has 31 heavy (non-hydrogen) atoms. The molecule has 0 spiro atoms. The van der Waals surface area contributed by atoms with Crippen molar-refractivity contribution in [2.24, 2.45) is 0 Å². The van der Waals surface area contributed by atoms with Crippen LogP contribution in [-0.4, -0.2) is 36.4 Å². The van der Waals surface area contributed by atoms with Gasteiger partial charge in [0.15, 0.2) is 15.5 Å². The number of halogens is 1. The van der Waals surface area contributed by atoms with Gasteiger partial charge in [-0.3, -0.25) is 4.40 Å². The van der Waals surface area contributed by atoms with Crippen molar-refractivity contribution in [1.82, 2.24) is 14.6 Å². The lowest BCUT2D eigenvalue weighted by Crippen LogP contribution is -2.07. The van der Waals surface area contributed by atoms with Gasteiger partial charge in [0.25, 0.3) is 0 Å². The maximum atomic E-state index is 14.2. The van der Waals surface area contributed by atoms with Crippen LogP contribution in [0.15, 0.2) is 59.8 Å². The van der Waals surface area contributed by atoms with Gasteiger partial charge in [-0.25, -0.2) is 12.8 Å². The van der Waals surface area contributed by atoms with Gasteiger partial charge in [-0.15, -0.1) is 10.2 Å². The number of hydrogen-bond donors (Lipinski definition) is 1. The minimum absolute atomic E-state index is 0.213. The Morgan fingerprint density at radius 2 is 1.90 bits per heavy atom. The third-order valence-corrected chi connectivity index (χ3v) is 6.22. The Bertz CT molecular complexity index is 1380. The van der Waals surface area contributed by atoms with E-state index >= 15 is 0 Å². The molecule has 0 aliphatic heterocycles. The van der Waals surface area contributed by atoms with Gasteiger partial charge in [0.1, 0.15) is 23.7 Å². The second-order valence-electron chi connectivity index (χ2n) is 7.18. The zero-order chi connectivity index (χ0) is 22.2. The highest BCUT2D eigenvalue weighted by Crippen LogP contribution is 2.31. The zero-order valence-corrected chi connectivity index (χ0v) is 18.1. The van der Waals surface area contributed by atoms with Crippen LogP contribution in [0.5, 0.6) is 5.75 Å². The first-order valence-corrected chi connectivity index (χ1v) is 11.4. The number of nitrogens with zero attached hydrogens (tertiary/aromatic N) is 3. The fourth-order valence-corrected chi connectivity index (χ4v) is 4.22. The number of benzene rings is 2. The Morgan fingerprint density at radius 3 is 2.61 bits per heavy atom. The van der Waals surface area contributed by atoms with E-state index in [4.69, 9.17) is 4.74 Å². The molecule has 2 aromatic heterocycles. The van der Waals surface area contributed by atoms with Crippen molar-refractivity contribution in [3.8, 4) is 16.9 Å². The summed E-state index contributed by atoms with van der Waals surface area (Å²) in [6.07, 6.45) is 2.75. The molecule has 4 aromatic rings. The van der Waals surface area contributed by atoms with E-state index in [2.05, 4.69) is 15.5 Å². The standard InChI is InChI=1S/C22H21FN4O3S/c1-14-11-15(31(3,28)29)7-8-16(14)17-9-10-21(27-13-25-26-22(17)27)24-12-18-19(23)5-4-6-20(18)30-2/h4-11,13,24H,12H2,1-3H3. The minimum Gasteiger partial charge on any atom is -0.496 e. The summed E-state index contributed by atoms with van der Waals surface area (Å²) < 4.78 is 44.9. The molecule has 0 radical (unpaired) electrons. The van der Waals surface area contributed by atoms with Crippen LogP contribution >= 0.6 is 0 Å². The molecule has 4 rings (SSSR count). The second kappa shape index (κ2) is 7.99. The first kappa shape index (κ1) is 20.8. The van der Waals surface area contributed by atoms with Crippen LogP contribution in [0.3, 0.4) is 0 Å². The molecular formula is C22H21FN4O3S. The summed E-state index contributed by atoms with van der Waals surface area (Å²) in [7, 11) is -1.79. The molecule has 160 valence electrons. The molecule has 2 aromatic carbocycles. The molecule has 0 aliphatic rings. The lowest BCUT2D eigenvalue weighted by Gasteiger charge is -2.14. The number of aromatic nitrogens is 3. The van der Waals surface area contributed by atoms with Gasteiger partial charge >= 0.3 is 0 Å². The van der Waals surface area contributed by atoms with E-state index in [1.807, 2.05) is 19.1 Å². The summed E-state index contributed by atoms with van der Waals surface area (Å²) in [5.74, 6) is 0.787. The lowest BCUT2D eigenvalue weighted by molar-refractivity contribution is 0.405. The molecule has 0 amide bonds. The highest BCUT2D eigenvalue weighted by molar-refractivity contribution is 7.90. The Hall–Kier alpha value is -3.46. The summed E-state index contributed by atoms with van der Waals surface area (Å²) >= 11 is 0. The fourth-order valence-electron chi connectivity index (χ4n) is 3.52. The molecule has 0 fully saturated rings. The zero-order valence-electron chi connectivity index (χ0n) is 17.3. The predicted molar refractivity (Wildman–Crippen MR) is 117 cm³/mol. The van der Waals surface area contributed by atoms with Crippen LogP contribution < -0.4 is 10.1 Å². The van der Waals surface area contributed by atoms with Gasteiger partial charge in [-0.05, 0) is 54.4 Å². The molecule has 0 saturated carbocycles. The molecule has 0 aliphatic carbocycles. The van der Waals surface area contributed by atoms with Crippen molar-refractivity contribution >= 4 is 21.3 Å². The third kappa shape index (κ3) is 3.96. The fraction of sp³-hybridized carbons (Fsp3) is 0.182. The number of sulfone groups is 1. The molecule has 0 saturated heterocycles. The quantitative estimate of drug-likeness (QED) is 0.490. The Balaban J connectivity index is 1.71. The number of fused-ring (bicyclic) bond motifs is 1. The van der Waals surface area contributed by atoms with E-state index in [9.17, 15) is 12.8 Å². The van der Waals surface area contributed by atoms with Crippen molar-refractivity contribution in [3.63, 3.8) is 0 Å². The number of aryl methyl sites for hydroxylation is 1. The van der Waals surface area contributed by atoms with Gasteiger partial charge in [0.2, 0.25) is 0 Å². The lowest BCUT2D eigenvalue weighted by atomic mass is 10.0. The molecule has 0 bridgehead atoms. The summed E-state index contributed by atoms with van der Waals surface area (Å²) in [6.45, 7) is 2.07. The topological polar surface area (TPSA) is 85.6 Å². The third-order valence-electron chi connectivity index (χ3n) is 5.11. The number of methoxy groups -OCH3 is 1. The van der Waals surface area contributed by atoms with E-state index in [0.717, 1.165) is 16.7 Å². The molecule has 1 N–H and O–H groups in total. The van der Waals surface area contributed by atoms with Crippen LogP contribution in [-0.2, 0) is 16.4 Å². The summed E-state index contributed by atoms with van der Waals surface area (Å²) in [4.78, 5) is 0.267. The van der Waals surface area contributed by atoms with E-state index in [-0.39, 0.29) is 17.3 Å². The number of rotatable bonds is 6. The first-order chi connectivity index (χ1) is 14.8. The molecule has 2 heterocycles. The van der Waals surface area contributed by atoms with Crippen molar-refractivity contribution < 1.29 is 17.5 Å². The highest BCUT2D eigenvalue weighted by Gasteiger charge is 2.15. The average Bonchev–Trinajstić information content (AvgIpc) is 3.22. The van der Waals surface area contributed by atoms with E-state index in [0.29, 0.717) is 22.8 Å². The number of hydrogen-bond acceptors (Lipinski definition) is 6. The molecule has 9 heteroatoms. The molecular weight excluding hydrogens is 419 g/mol. The van der Waals surface area contributed by atoms with Gasteiger partial charge in [0.05, 0.1) is 12.0 Å². The highest BCUT2D eigenvalue weighted by atomic mass is 32.2. The smallest absolute Gasteiger partial charge is 0.175 e. The Labute approximate surface area is 179 Å². The van der Waals surface area contributed by atoms with Crippen LogP contribution in [0, 0.1) is 12.7 Å². The van der Waals surface area contributed by atoms with Crippen molar-refractivity contribution in [3.05, 3.63) is 71.8 Å². The molecule has 7 nitrogen and oxygen atoms in total. The molecule has 0 unspecified atom stereocenters. The van der Waals surface area contributed by atoms with Crippen molar-refractivity contribution in [1.29, 1.82) is 0 Å². The number of anilines is 1. The summed E-state index contributed by atoms with van der Waals surface area (Å²) in [5.41, 5.74) is 3.49. The SMILES string of the molecule is COc1cccc(F)c1CNc1ccc(-c2ccc(S(C)(=O)=O)cc2C)c2nncn12. The van der Waals surface area contributed by atoms with Crippen LogP contribution in [0.2, 0.25) is 0 Å². The second-order valence-corrected chi connectivity index (χ2v) is 9.20. The van der Waals surface area contributed by atoms with Gasteiger partial charge in [-0.2, -0.15) is 0 Å². The maximum absolute atomic E-state index is 14.2. The first-order valence-electron chi connectivity index (χ1n) is 9.48. The summed E-state index contributed by atoms with van der Waals surface area (Å²) in [5, 5.41) is 11.5. The number of pyridine rings is 1. The monoisotopic (exact) mass is 440 g/mol. The average molecular weight is 441 g/mol. The van der Waals surface area contributed by atoms with Gasteiger partial charge in [0, 0.05) is 23.9 Å².